The van der Waals surface area contributed by atoms with Crippen molar-refractivity contribution >= 4 is 23.3 Å². The smallest absolute Gasteiger partial charge is 0.451 e. The SMILES string of the molecule is NC1(C2(NS(=O)(=O)N3C[C@H](CCCB(O)O)[C@](N)(C(=O)O)C3)CC2)CC1. The molecule has 26 heavy (non-hydrogen) atoms. The van der Waals surface area contributed by atoms with E-state index in [4.69, 9.17) is 21.5 Å². The lowest BCUT2D eigenvalue weighted by molar-refractivity contribution is -0.144. The van der Waals surface area contributed by atoms with E-state index in [-0.39, 0.29) is 19.4 Å². The molecule has 0 bridgehead atoms. The highest BCUT2D eigenvalue weighted by molar-refractivity contribution is 7.87. The van der Waals surface area contributed by atoms with Crippen molar-refractivity contribution in [1.82, 2.24) is 9.03 Å². The predicted molar refractivity (Wildman–Crippen MR) is 94.0 cm³/mol. The first kappa shape index (κ1) is 20.0. The lowest BCUT2D eigenvalue weighted by Gasteiger charge is -2.27. The summed E-state index contributed by atoms with van der Waals surface area (Å²) in [7, 11) is -5.40. The van der Waals surface area contributed by atoms with Crippen molar-refractivity contribution in [2.24, 2.45) is 17.4 Å². The van der Waals surface area contributed by atoms with Gasteiger partial charge in [-0.3, -0.25) is 4.79 Å². The summed E-state index contributed by atoms with van der Waals surface area (Å²) in [5.74, 6) is -1.87. The molecule has 0 aromatic carbocycles. The van der Waals surface area contributed by atoms with Crippen LogP contribution in [0.2, 0.25) is 6.32 Å². The van der Waals surface area contributed by atoms with Gasteiger partial charge in [0.2, 0.25) is 0 Å². The molecule has 2 saturated carbocycles. The van der Waals surface area contributed by atoms with Gasteiger partial charge in [-0.15, -0.1) is 0 Å². The van der Waals surface area contributed by atoms with Crippen LogP contribution in [0, 0.1) is 5.92 Å². The molecule has 2 aliphatic carbocycles. The highest BCUT2D eigenvalue weighted by Crippen LogP contribution is 2.56. The van der Waals surface area contributed by atoms with Crippen molar-refractivity contribution < 1.29 is 28.4 Å². The van der Waals surface area contributed by atoms with Crippen LogP contribution in [0.1, 0.15) is 38.5 Å². The molecule has 10 nitrogen and oxygen atoms in total. The number of hydrogen-bond donors (Lipinski definition) is 6. The second-order valence-electron chi connectivity index (χ2n) is 8.09. The second-order valence-corrected chi connectivity index (χ2v) is 9.76. The van der Waals surface area contributed by atoms with Gasteiger partial charge in [0.1, 0.15) is 5.54 Å². The Bertz CT molecular complexity index is 681. The van der Waals surface area contributed by atoms with Gasteiger partial charge < -0.3 is 26.6 Å². The van der Waals surface area contributed by atoms with Gasteiger partial charge >= 0.3 is 13.1 Å². The number of carboxylic acid groups (broad SMARTS) is 1. The Morgan fingerprint density at radius 1 is 1.23 bits per heavy atom. The maximum absolute atomic E-state index is 12.8. The molecule has 0 aromatic heterocycles. The summed E-state index contributed by atoms with van der Waals surface area (Å²) in [6.07, 6.45) is 3.62. The molecular weight excluding hydrogens is 363 g/mol. The quantitative estimate of drug-likeness (QED) is 0.240. The van der Waals surface area contributed by atoms with Gasteiger partial charge in [0.25, 0.3) is 10.2 Å². The fraction of sp³-hybridized carbons (Fsp3) is 0.929. The van der Waals surface area contributed by atoms with Gasteiger partial charge in [0.05, 0.1) is 5.54 Å². The zero-order valence-electron chi connectivity index (χ0n) is 14.6. The third-order valence-electron chi connectivity index (χ3n) is 6.16. The van der Waals surface area contributed by atoms with Gasteiger partial charge in [-0.05, 0) is 38.4 Å². The normalized spacial score (nSPS) is 32.4. The Labute approximate surface area is 153 Å². The fourth-order valence-electron chi connectivity index (χ4n) is 3.97. The summed E-state index contributed by atoms with van der Waals surface area (Å²) in [6, 6.07) is 0. The van der Waals surface area contributed by atoms with Crippen LogP contribution in [0.3, 0.4) is 0 Å². The average molecular weight is 390 g/mol. The number of carbonyl (C=O) groups is 1. The average Bonchev–Trinajstić information content (AvgIpc) is 3.42. The van der Waals surface area contributed by atoms with E-state index in [9.17, 15) is 18.3 Å². The van der Waals surface area contributed by atoms with Crippen molar-refractivity contribution in [3.8, 4) is 0 Å². The van der Waals surface area contributed by atoms with E-state index >= 15 is 0 Å². The van der Waals surface area contributed by atoms with Gasteiger partial charge in [-0.2, -0.15) is 17.4 Å². The van der Waals surface area contributed by atoms with Crippen LogP contribution in [0.15, 0.2) is 0 Å². The number of nitrogens with zero attached hydrogens (tertiary/aromatic N) is 1. The number of aliphatic carboxylic acids is 1. The zero-order valence-corrected chi connectivity index (χ0v) is 15.4. The molecule has 3 aliphatic rings. The van der Waals surface area contributed by atoms with Crippen molar-refractivity contribution in [2.45, 2.75) is 61.5 Å². The van der Waals surface area contributed by atoms with E-state index in [2.05, 4.69) is 4.72 Å². The van der Waals surface area contributed by atoms with E-state index in [1.165, 1.54) is 0 Å². The van der Waals surface area contributed by atoms with Crippen LogP contribution in [-0.2, 0) is 15.0 Å². The molecular formula is C14H27BN4O6S. The minimum absolute atomic E-state index is 0.0205. The maximum atomic E-state index is 12.8. The third kappa shape index (κ3) is 3.51. The molecule has 1 saturated heterocycles. The Balaban J connectivity index is 1.71. The molecule has 0 unspecified atom stereocenters. The van der Waals surface area contributed by atoms with Crippen molar-refractivity contribution in [1.29, 1.82) is 0 Å². The zero-order chi connectivity index (χ0) is 19.4. The number of rotatable bonds is 9. The molecule has 0 aromatic rings. The summed E-state index contributed by atoms with van der Waals surface area (Å²) >= 11 is 0. The highest BCUT2D eigenvalue weighted by Gasteiger charge is 2.66. The first-order valence-corrected chi connectivity index (χ1v) is 10.3. The largest absolute Gasteiger partial charge is 0.480 e. The number of nitrogens with one attached hydrogen (secondary N) is 1. The standard InChI is InChI=1S/C14H27BN4O6S/c16-12(3-4-12)13(5-6-13)18-26(24,25)19-8-10(2-1-7-15(22)23)14(17,9-19)11(20)21/h10,18,22-23H,1-9,16-17H2,(H,20,21)/t10-,14-/m0/s1. The van der Waals surface area contributed by atoms with E-state index in [1.54, 1.807) is 0 Å². The molecule has 8 N–H and O–H groups in total. The van der Waals surface area contributed by atoms with Gasteiger partial charge in [-0.25, -0.2) is 0 Å². The lowest BCUT2D eigenvalue weighted by atomic mass is 9.78. The summed E-state index contributed by atoms with van der Waals surface area (Å²) in [5.41, 5.74) is 9.43. The molecule has 3 fully saturated rings. The maximum Gasteiger partial charge on any atom is 0.451 e. The lowest BCUT2D eigenvalue weighted by Crippen LogP contribution is -2.57. The molecule has 12 heteroatoms. The Morgan fingerprint density at radius 2 is 1.85 bits per heavy atom. The molecule has 0 amide bonds. The Kier molecular flexibility index (Phi) is 4.92. The Hall–Kier alpha value is -0.755. The minimum atomic E-state index is -3.92. The van der Waals surface area contributed by atoms with Gasteiger partial charge in [0.15, 0.2) is 0 Å². The second kappa shape index (κ2) is 6.40. The summed E-state index contributed by atoms with van der Waals surface area (Å²) in [5, 5.41) is 27.4. The number of nitrogens with two attached hydrogens (primary N) is 2. The van der Waals surface area contributed by atoms with Crippen LogP contribution in [-0.4, -0.2) is 70.7 Å². The predicted octanol–water partition coefficient (Wildman–Crippen LogP) is -2.19. The molecule has 2 atom stereocenters. The van der Waals surface area contributed by atoms with Crippen molar-refractivity contribution in [3.63, 3.8) is 0 Å². The van der Waals surface area contributed by atoms with Gasteiger partial charge in [-0.1, -0.05) is 6.42 Å². The first-order valence-electron chi connectivity index (χ1n) is 8.91. The summed E-state index contributed by atoms with van der Waals surface area (Å²) in [6.45, 7) is -0.342. The monoisotopic (exact) mass is 390 g/mol. The third-order valence-corrected chi connectivity index (χ3v) is 7.77. The first-order chi connectivity index (χ1) is 11.9. The molecule has 0 spiro atoms. The summed E-state index contributed by atoms with van der Waals surface area (Å²) in [4.78, 5) is 11.7. The van der Waals surface area contributed by atoms with Crippen molar-refractivity contribution in [3.05, 3.63) is 0 Å². The Morgan fingerprint density at radius 3 is 2.31 bits per heavy atom. The molecule has 1 aliphatic heterocycles. The van der Waals surface area contributed by atoms with Crippen LogP contribution >= 0.6 is 0 Å². The number of hydrogen-bond acceptors (Lipinski definition) is 7. The molecule has 1 heterocycles. The van der Waals surface area contributed by atoms with E-state index in [0.29, 0.717) is 25.7 Å². The minimum Gasteiger partial charge on any atom is -0.480 e. The fourth-order valence-corrected chi connectivity index (χ4v) is 5.76. The number of carboxylic acids is 1. The van der Waals surface area contributed by atoms with Gasteiger partial charge in [0, 0.05) is 24.5 Å². The van der Waals surface area contributed by atoms with Crippen LogP contribution in [0.5, 0.6) is 0 Å². The topological polar surface area (TPSA) is 179 Å². The molecule has 148 valence electrons. The van der Waals surface area contributed by atoms with E-state index < -0.39 is 45.8 Å². The highest BCUT2D eigenvalue weighted by atomic mass is 32.2. The molecule has 3 rings (SSSR count). The molecule has 0 radical (unpaired) electrons. The van der Waals surface area contributed by atoms with E-state index in [1.807, 2.05) is 0 Å². The van der Waals surface area contributed by atoms with Crippen molar-refractivity contribution in [2.75, 3.05) is 13.1 Å². The summed E-state index contributed by atoms with van der Waals surface area (Å²) < 4.78 is 29.5. The van der Waals surface area contributed by atoms with Crippen LogP contribution in [0.25, 0.3) is 0 Å². The van der Waals surface area contributed by atoms with Crippen LogP contribution < -0.4 is 16.2 Å². The van der Waals surface area contributed by atoms with Crippen LogP contribution in [0.4, 0.5) is 0 Å². The van der Waals surface area contributed by atoms with E-state index in [0.717, 1.165) is 17.1 Å².